The Labute approximate surface area is 123 Å². The number of piperidine rings is 1. The number of rotatable bonds is 3. The molecule has 0 aliphatic carbocycles. The van der Waals surface area contributed by atoms with Gasteiger partial charge >= 0.3 is 0 Å². The summed E-state index contributed by atoms with van der Waals surface area (Å²) in [7, 11) is -1.42. The van der Waals surface area contributed by atoms with Gasteiger partial charge in [0.2, 0.25) is 10.0 Å². The van der Waals surface area contributed by atoms with Gasteiger partial charge in [0, 0.05) is 23.6 Å². The summed E-state index contributed by atoms with van der Waals surface area (Å²) in [5.41, 5.74) is 0.936. The van der Waals surface area contributed by atoms with Crippen molar-refractivity contribution in [1.82, 2.24) is 9.62 Å². The number of aryl methyl sites for hydroxylation is 1. The number of hydrogen-bond acceptors (Lipinski definition) is 3. The Kier molecular flexibility index (Phi) is 4.66. The van der Waals surface area contributed by atoms with E-state index in [1.165, 1.54) is 0 Å². The topological polar surface area (TPSA) is 49.4 Å². The smallest absolute Gasteiger partial charge is 0.243 e. The van der Waals surface area contributed by atoms with Crippen LogP contribution in [0.4, 0.5) is 0 Å². The first kappa shape index (κ1) is 15.0. The fourth-order valence-corrected chi connectivity index (χ4v) is 4.11. The minimum absolute atomic E-state index is 0.385. The van der Waals surface area contributed by atoms with Crippen LogP contribution in [0.5, 0.6) is 0 Å². The molecular formula is C13H19BrN2O2S. The van der Waals surface area contributed by atoms with Gasteiger partial charge in [0.15, 0.2) is 0 Å². The van der Waals surface area contributed by atoms with E-state index in [2.05, 4.69) is 21.2 Å². The van der Waals surface area contributed by atoms with Crippen molar-refractivity contribution in [3.8, 4) is 0 Å². The zero-order valence-electron chi connectivity index (χ0n) is 11.2. The first-order valence-corrected chi connectivity index (χ1v) is 8.62. The van der Waals surface area contributed by atoms with Crippen LogP contribution in [-0.2, 0) is 10.0 Å². The lowest BCUT2D eigenvalue weighted by atomic mass is 10.1. The molecule has 1 aromatic carbocycles. The predicted molar refractivity (Wildman–Crippen MR) is 79.7 cm³/mol. The Hall–Kier alpha value is -0.430. The lowest BCUT2D eigenvalue weighted by Crippen LogP contribution is -2.43. The Morgan fingerprint density at radius 1 is 1.32 bits per heavy atom. The normalized spacial score (nSPS) is 18.7. The third kappa shape index (κ3) is 3.18. The SMILES string of the molecule is CNC1CCN(S(=O)(=O)c2ccc(Br)c(C)c2)CC1. The van der Waals surface area contributed by atoms with Crippen LogP contribution in [0, 0.1) is 6.92 Å². The van der Waals surface area contributed by atoms with Gasteiger partial charge in [-0.15, -0.1) is 0 Å². The van der Waals surface area contributed by atoms with Crippen LogP contribution in [0.2, 0.25) is 0 Å². The third-order valence-electron chi connectivity index (χ3n) is 3.63. The van der Waals surface area contributed by atoms with Crippen LogP contribution in [0.25, 0.3) is 0 Å². The van der Waals surface area contributed by atoms with E-state index < -0.39 is 10.0 Å². The second-order valence-corrected chi connectivity index (χ2v) is 7.67. The van der Waals surface area contributed by atoms with Crippen molar-refractivity contribution >= 4 is 26.0 Å². The van der Waals surface area contributed by atoms with Gasteiger partial charge in [-0.05, 0) is 50.6 Å². The van der Waals surface area contributed by atoms with Crippen LogP contribution in [0.1, 0.15) is 18.4 Å². The lowest BCUT2D eigenvalue weighted by molar-refractivity contribution is 0.298. The molecule has 0 amide bonds. The molecule has 0 aromatic heterocycles. The molecule has 2 rings (SSSR count). The molecule has 0 spiro atoms. The molecule has 1 fully saturated rings. The second kappa shape index (κ2) is 5.91. The fourth-order valence-electron chi connectivity index (χ4n) is 2.31. The van der Waals surface area contributed by atoms with E-state index in [0.717, 1.165) is 22.9 Å². The minimum Gasteiger partial charge on any atom is -0.317 e. The molecule has 6 heteroatoms. The van der Waals surface area contributed by atoms with Gasteiger partial charge in [0.05, 0.1) is 4.90 Å². The Morgan fingerprint density at radius 3 is 2.47 bits per heavy atom. The summed E-state index contributed by atoms with van der Waals surface area (Å²) >= 11 is 3.39. The zero-order valence-corrected chi connectivity index (χ0v) is 13.6. The van der Waals surface area contributed by atoms with E-state index in [9.17, 15) is 8.42 Å². The molecule has 0 unspecified atom stereocenters. The molecule has 1 saturated heterocycles. The molecule has 1 N–H and O–H groups in total. The number of nitrogens with one attached hydrogen (secondary N) is 1. The summed E-state index contributed by atoms with van der Waals surface area (Å²) in [4.78, 5) is 0.385. The summed E-state index contributed by atoms with van der Waals surface area (Å²) in [6, 6.07) is 5.61. The summed E-state index contributed by atoms with van der Waals surface area (Å²) in [5.74, 6) is 0. The molecule has 1 aliphatic heterocycles. The van der Waals surface area contributed by atoms with Crippen molar-refractivity contribution in [2.45, 2.75) is 30.7 Å². The van der Waals surface area contributed by atoms with Gasteiger partial charge in [0.1, 0.15) is 0 Å². The van der Waals surface area contributed by atoms with Gasteiger partial charge in [-0.25, -0.2) is 8.42 Å². The maximum Gasteiger partial charge on any atom is 0.243 e. The van der Waals surface area contributed by atoms with E-state index >= 15 is 0 Å². The molecule has 0 bridgehead atoms. The van der Waals surface area contributed by atoms with Gasteiger partial charge in [0.25, 0.3) is 0 Å². The molecule has 0 radical (unpaired) electrons. The van der Waals surface area contributed by atoms with Crippen LogP contribution in [0.3, 0.4) is 0 Å². The summed E-state index contributed by atoms with van der Waals surface area (Å²) in [6.45, 7) is 3.07. The van der Waals surface area contributed by atoms with E-state index in [-0.39, 0.29) is 0 Å². The van der Waals surface area contributed by atoms with E-state index in [0.29, 0.717) is 24.0 Å². The van der Waals surface area contributed by atoms with E-state index in [1.54, 1.807) is 22.5 Å². The molecule has 1 aromatic rings. The summed E-state index contributed by atoms with van der Waals surface area (Å²) in [6.07, 6.45) is 1.73. The zero-order chi connectivity index (χ0) is 14.0. The Balaban J connectivity index is 2.21. The molecular weight excluding hydrogens is 328 g/mol. The molecule has 0 atom stereocenters. The highest BCUT2D eigenvalue weighted by Gasteiger charge is 2.28. The van der Waals surface area contributed by atoms with Crippen molar-refractivity contribution in [2.24, 2.45) is 0 Å². The van der Waals surface area contributed by atoms with Crippen molar-refractivity contribution in [1.29, 1.82) is 0 Å². The van der Waals surface area contributed by atoms with Gasteiger partial charge < -0.3 is 5.32 Å². The molecule has 106 valence electrons. The largest absolute Gasteiger partial charge is 0.317 e. The van der Waals surface area contributed by atoms with Crippen molar-refractivity contribution in [2.75, 3.05) is 20.1 Å². The van der Waals surface area contributed by atoms with E-state index in [4.69, 9.17) is 0 Å². The van der Waals surface area contributed by atoms with Crippen LogP contribution in [0.15, 0.2) is 27.6 Å². The minimum atomic E-state index is -3.35. The maximum absolute atomic E-state index is 12.5. The molecule has 1 aliphatic rings. The average molecular weight is 347 g/mol. The molecule has 4 nitrogen and oxygen atoms in total. The van der Waals surface area contributed by atoms with Crippen molar-refractivity contribution < 1.29 is 8.42 Å². The number of halogens is 1. The highest BCUT2D eigenvalue weighted by Crippen LogP contribution is 2.24. The molecule has 1 heterocycles. The Morgan fingerprint density at radius 2 is 1.95 bits per heavy atom. The lowest BCUT2D eigenvalue weighted by Gasteiger charge is -2.31. The highest BCUT2D eigenvalue weighted by atomic mass is 79.9. The monoisotopic (exact) mass is 346 g/mol. The van der Waals surface area contributed by atoms with Crippen molar-refractivity contribution in [3.05, 3.63) is 28.2 Å². The first-order chi connectivity index (χ1) is 8.95. The number of benzene rings is 1. The Bertz CT molecular complexity index is 552. The first-order valence-electron chi connectivity index (χ1n) is 6.38. The fraction of sp³-hybridized carbons (Fsp3) is 0.538. The van der Waals surface area contributed by atoms with Crippen LogP contribution >= 0.6 is 15.9 Å². The average Bonchev–Trinajstić information content (AvgIpc) is 2.41. The van der Waals surface area contributed by atoms with Gasteiger partial charge in [-0.1, -0.05) is 15.9 Å². The molecule has 0 saturated carbocycles. The summed E-state index contributed by atoms with van der Waals surface area (Å²) < 4.78 is 27.6. The maximum atomic E-state index is 12.5. The molecule has 19 heavy (non-hydrogen) atoms. The second-order valence-electron chi connectivity index (χ2n) is 4.88. The third-order valence-corrected chi connectivity index (χ3v) is 6.41. The van der Waals surface area contributed by atoms with Crippen LogP contribution < -0.4 is 5.32 Å². The van der Waals surface area contributed by atoms with Crippen LogP contribution in [-0.4, -0.2) is 38.9 Å². The predicted octanol–water partition coefficient (Wildman–Crippen LogP) is 2.13. The highest BCUT2D eigenvalue weighted by molar-refractivity contribution is 9.10. The number of hydrogen-bond donors (Lipinski definition) is 1. The van der Waals surface area contributed by atoms with Gasteiger partial charge in [-0.3, -0.25) is 0 Å². The van der Waals surface area contributed by atoms with Gasteiger partial charge in [-0.2, -0.15) is 4.31 Å². The number of nitrogens with zero attached hydrogens (tertiary/aromatic N) is 1. The quantitative estimate of drug-likeness (QED) is 0.911. The van der Waals surface area contributed by atoms with E-state index in [1.807, 2.05) is 14.0 Å². The summed E-state index contributed by atoms with van der Waals surface area (Å²) in [5, 5.41) is 3.20. The van der Waals surface area contributed by atoms with Crippen molar-refractivity contribution in [3.63, 3.8) is 0 Å². The standard InChI is InChI=1S/C13H19BrN2O2S/c1-10-9-12(3-4-13(10)14)19(17,18)16-7-5-11(15-2)6-8-16/h3-4,9,11,15H,5-8H2,1-2H3. The number of sulfonamides is 1.